The molecule has 0 saturated carbocycles. The van der Waals surface area contributed by atoms with Gasteiger partial charge in [-0.15, -0.1) is 6.58 Å². The Morgan fingerprint density at radius 1 is 1.20 bits per heavy atom. The average Bonchev–Trinajstić information content (AvgIpc) is 2.66. The molecule has 0 aliphatic heterocycles. The molecule has 0 saturated heterocycles. The fraction of sp³-hybridized carbons (Fsp3) is 0.200. The van der Waals surface area contributed by atoms with Crippen LogP contribution >= 0.6 is 0 Å². The van der Waals surface area contributed by atoms with Crippen LogP contribution in [0.3, 0.4) is 0 Å². The lowest BCUT2D eigenvalue weighted by molar-refractivity contribution is -0.114. The van der Waals surface area contributed by atoms with E-state index in [4.69, 9.17) is 9.57 Å². The number of hydrogen-bond donors (Lipinski definition) is 1. The summed E-state index contributed by atoms with van der Waals surface area (Å²) in [6, 6.07) is 17.0. The number of carbonyl (C=O) groups excluding carboxylic acids is 1. The van der Waals surface area contributed by atoms with E-state index in [2.05, 4.69) is 17.1 Å². The molecule has 1 atom stereocenters. The third kappa shape index (κ3) is 4.70. The lowest BCUT2D eigenvalue weighted by Crippen LogP contribution is -2.30. The van der Waals surface area contributed by atoms with Gasteiger partial charge in [0.15, 0.2) is 5.71 Å². The van der Waals surface area contributed by atoms with E-state index in [0.717, 1.165) is 11.3 Å². The monoisotopic (exact) mass is 338 g/mol. The molecule has 0 aliphatic rings. The molecule has 0 aliphatic carbocycles. The Bertz CT molecular complexity index is 742. The number of oxime groups is 1. The Morgan fingerprint density at radius 2 is 1.88 bits per heavy atom. The summed E-state index contributed by atoms with van der Waals surface area (Å²) in [7, 11) is 2.96. The van der Waals surface area contributed by atoms with Crippen LogP contribution in [0.25, 0.3) is 0 Å². The van der Waals surface area contributed by atoms with Gasteiger partial charge in [-0.3, -0.25) is 4.79 Å². The normalized spacial score (nSPS) is 12.2. The van der Waals surface area contributed by atoms with Gasteiger partial charge in [-0.25, -0.2) is 0 Å². The summed E-state index contributed by atoms with van der Waals surface area (Å²) in [6.45, 7) is 3.82. The van der Waals surface area contributed by atoms with Gasteiger partial charge in [-0.2, -0.15) is 0 Å². The molecule has 1 unspecified atom stereocenters. The predicted molar refractivity (Wildman–Crippen MR) is 98.7 cm³/mol. The Balaban J connectivity index is 2.46. The van der Waals surface area contributed by atoms with Crippen LogP contribution in [0.5, 0.6) is 5.75 Å². The molecule has 5 heteroatoms. The molecule has 130 valence electrons. The molecule has 1 amide bonds. The SMILES string of the molecule is C=CCC(Oc1ccccc1)c1ccccc1C(=NOC)C(=O)NC. The molecular weight excluding hydrogens is 316 g/mol. The van der Waals surface area contributed by atoms with Crippen LogP contribution in [-0.4, -0.2) is 25.8 Å². The van der Waals surface area contributed by atoms with Gasteiger partial charge in [0, 0.05) is 24.6 Å². The number of amides is 1. The highest BCUT2D eigenvalue weighted by Gasteiger charge is 2.22. The van der Waals surface area contributed by atoms with Gasteiger partial charge in [0.1, 0.15) is 19.0 Å². The van der Waals surface area contributed by atoms with Crippen molar-refractivity contribution < 1.29 is 14.4 Å². The molecule has 5 nitrogen and oxygen atoms in total. The number of likely N-dealkylation sites (N-methyl/N-ethyl adjacent to an activating group) is 1. The predicted octanol–water partition coefficient (Wildman–Crippen LogP) is 3.48. The lowest BCUT2D eigenvalue weighted by atomic mass is 9.96. The summed E-state index contributed by atoms with van der Waals surface area (Å²) in [6.07, 6.45) is 2.07. The van der Waals surface area contributed by atoms with Crippen molar-refractivity contribution in [1.82, 2.24) is 5.32 Å². The molecule has 0 heterocycles. The summed E-state index contributed by atoms with van der Waals surface area (Å²) < 4.78 is 6.12. The summed E-state index contributed by atoms with van der Waals surface area (Å²) in [5, 5.41) is 6.48. The van der Waals surface area contributed by atoms with Crippen LogP contribution in [-0.2, 0) is 9.63 Å². The minimum absolute atomic E-state index is 0.200. The van der Waals surface area contributed by atoms with Crippen LogP contribution in [0.4, 0.5) is 0 Å². The fourth-order valence-corrected chi connectivity index (χ4v) is 2.47. The zero-order valence-electron chi connectivity index (χ0n) is 14.4. The standard InChI is InChI=1S/C20H22N2O3/c1-4-10-18(25-15-11-6-5-7-12-15)16-13-8-9-14-17(16)19(22-24-3)20(23)21-2/h4-9,11-14,18H,1,10H2,2-3H3,(H,21,23). The van der Waals surface area contributed by atoms with Crippen LogP contribution < -0.4 is 10.1 Å². The fourth-order valence-electron chi connectivity index (χ4n) is 2.47. The summed E-state index contributed by atoms with van der Waals surface area (Å²) in [5.41, 5.74) is 1.70. The van der Waals surface area contributed by atoms with Gasteiger partial charge in [0.05, 0.1) is 0 Å². The van der Waals surface area contributed by atoms with E-state index in [1.54, 1.807) is 13.1 Å². The smallest absolute Gasteiger partial charge is 0.273 e. The molecule has 0 bridgehead atoms. The second-order valence-electron chi connectivity index (χ2n) is 5.23. The number of hydrogen-bond acceptors (Lipinski definition) is 4. The maximum Gasteiger partial charge on any atom is 0.273 e. The second kappa shape index (κ2) is 9.27. The maximum atomic E-state index is 12.2. The van der Waals surface area contributed by atoms with Gasteiger partial charge in [0.2, 0.25) is 0 Å². The minimum Gasteiger partial charge on any atom is -0.485 e. The van der Waals surface area contributed by atoms with Crippen molar-refractivity contribution in [3.05, 3.63) is 78.4 Å². The van der Waals surface area contributed by atoms with E-state index >= 15 is 0 Å². The van der Waals surface area contributed by atoms with Crippen molar-refractivity contribution in [3.8, 4) is 5.75 Å². The number of ether oxygens (including phenoxy) is 1. The first-order valence-corrected chi connectivity index (χ1v) is 7.96. The first-order chi connectivity index (χ1) is 12.2. The first kappa shape index (κ1) is 18.3. The van der Waals surface area contributed by atoms with Crippen molar-refractivity contribution in [3.63, 3.8) is 0 Å². The second-order valence-corrected chi connectivity index (χ2v) is 5.23. The highest BCUT2D eigenvalue weighted by atomic mass is 16.6. The molecule has 2 rings (SSSR count). The Kier molecular flexibility index (Phi) is 6.77. The van der Waals surface area contributed by atoms with Crippen molar-refractivity contribution in [1.29, 1.82) is 0 Å². The van der Waals surface area contributed by atoms with Crippen LogP contribution in [0, 0.1) is 0 Å². The van der Waals surface area contributed by atoms with E-state index < -0.39 is 0 Å². The van der Waals surface area contributed by atoms with E-state index in [1.807, 2.05) is 54.6 Å². The third-order valence-electron chi connectivity index (χ3n) is 3.59. The van der Waals surface area contributed by atoms with Gasteiger partial charge < -0.3 is 14.9 Å². The zero-order valence-corrected chi connectivity index (χ0v) is 14.4. The van der Waals surface area contributed by atoms with Crippen LogP contribution in [0.2, 0.25) is 0 Å². The molecule has 25 heavy (non-hydrogen) atoms. The molecule has 1 N–H and O–H groups in total. The number of carbonyl (C=O) groups is 1. The molecule has 2 aromatic carbocycles. The summed E-state index contributed by atoms with van der Waals surface area (Å²) in [4.78, 5) is 17.1. The zero-order chi connectivity index (χ0) is 18.1. The van der Waals surface area contributed by atoms with Crippen molar-refractivity contribution in [2.75, 3.05) is 14.2 Å². The number of rotatable bonds is 8. The van der Waals surface area contributed by atoms with Gasteiger partial charge in [0.25, 0.3) is 5.91 Å². The molecule has 0 fully saturated rings. The number of benzene rings is 2. The highest BCUT2D eigenvalue weighted by Crippen LogP contribution is 2.28. The van der Waals surface area contributed by atoms with Crippen molar-refractivity contribution in [2.45, 2.75) is 12.5 Å². The third-order valence-corrected chi connectivity index (χ3v) is 3.59. The summed E-state index contributed by atoms with van der Waals surface area (Å²) in [5.74, 6) is 0.417. The minimum atomic E-state index is -0.327. The van der Waals surface area contributed by atoms with Gasteiger partial charge >= 0.3 is 0 Å². The van der Waals surface area contributed by atoms with Crippen LogP contribution in [0.1, 0.15) is 23.7 Å². The first-order valence-electron chi connectivity index (χ1n) is 7.96. The highest BCUT2D eigenvalue weighted by molar-refractivity contribution is 6.45. The summed E-state index contributed by atoms with van der Waals surface area (Å²) >= 11 is 0. The van der Waals surface area contributed by atoms with E-state index in [1.165, 1.54) is 7.11 Å². The number of nitrogens with one attached hydrogen (secondary N) is 1. The molecule has 0 spiro atoms. The number of para-hydroxylation sites is 1. The Morgan fingerprint density at radius 3 is 2.52 bits per heavy atom. The van der Waals surface area contributed by atoms with Crippen molar-refractivity contribution >= 4 is 11.6 Å². The maximum absolute atomic E-state index is 12.2. The van der Waals surface area contributed by atoms with E-state index in [-0.39, 0.29) is 17.7 Å². The molecular formula is C20H22N2O3. The molecule has 0 radical (unpaired) electrons. The van der Waals surface area contributed by atoms with E-state index in [9.17, 15) is 4.79 Å². The van der Waals surface area contributed by atoms with E-state index in [0.29, 0.717) is 12.0 Å². The van der Waals surface area contributed by atoms with Gasteiger partial charge in [-0.05, 0) is 12.1 Å². The Labute approximate surface area is 148 Å². The largest absolute Gasteiger partial charge is 0.485 e. The number of nitrogens with zero attached hydrogens (tertiary/aromatic N) is 1. The molecule has 2 aromatic rings. The van der Waals surface area contributed by atoms with Crippen molar-refractivity contribution in [2.24, 2.45) is 5.16 Å². The molecule has 0 aromatic heterocycles. The lowest BCUT2D eigenvalue weighted by Gasteiger charge is -2.21. The average molecular weight is 338 g/mol. The van der Waals surface area contributed by atoms with Gasteiger partial charge in [-0.1, -0.05) is 53.7 Å². The quantitative estimate of drug-likeness (QED) is 0.455. The Hall–Kier alpha value is -3.08. The van der Waals surface area contributed by atoms with Crippen LogP contribution in [0.15, 0.2) is 72.4 Å². The topological polar surface area (TPSA) is 59.9 Å².